The lowest BCUT2D eigenvalue weighted by molar-refractivity contribution is -0.142. The van der Waals surface area contributed by atoms with E-state index in [1.165, 1.54) is 14.2 Å². The van der Waals surface area contributed by atoms with Crippen LogP contribution in [0.5, 0.6) is 11.5 Å². The molecule has 8 nitrogen and oxygen atoms in total. The van der Waals surface area contributed by atoms with Crippen molar-refractivity contribution < 1.29 is 23.4 Å². The molecule has 3 rings (SSSR count). The van der Waals surface area contributed by atoms with Crippen molar-refractivity contribution in [1.82, 2.24) is 9.13 Å². The van der Waals surface area contributed by atoms with Gasteiger partial charge in [-0.1, -0.05) is 19.1 Å². The largest absolute Gasteiger partial charge is 0.489 e. The fourth-order valence-electron chi connectivity index (χ4n) is 3.16. The second kappa shape index (κ2) is 10.6. The van der Waals surface area contributed by atoms with Crippen LogP contribution < -0.4 is 20.7 Å². The van der Waals surface area contributed by atoms with Gasteiger partial charge in [0.1, 0.15) is 24.8 Å². The zero-order valence-electron chi connectivity index (χ0n) is 18.7. The molecule has 0 fully saturated rings. The predicted octanol–water partition coefficient (Wildman–Crippen LogP) is 2.70. The van der Waals surface area contributed by atoms with Crippen LogP contribution >= 0.6 is 0 Å². The van der Waals surface area contributed by atoms with E-state index >= 15 is 0 Å². The highest BCUT2D eigenvalue weighted by Crippen LogP contribution is 2.24. The van der Waals surface area contributed by atoms with E-state index in [1.54, 1.807) is 24.3 Å². The number of aryl methyl sites for hydroxylation is 1. The molecule has 0 amide bonds. The number of nitrogens with zero attached hydrogens (tertiary/aromatic N) is 2. The van der Waals surface area contributed by atoms with Gasteiger partial charge in [-0.15, -0.1) is 0 Å². The molecule has 0 aliphatic heterocycles. The number of aromatic nitrogens is 2. The third-order valence-electron chi connectivity index (χ3n) is 5.16. The van der Waals surface area contributed by atoms with Gasteiger partial charge < -0.3 is 14.2 Å². The fourth-order valence-corrected chi connectivity index (χ4v) is 3.16. The van der Waals surface area contributed by atoms with Gasteiger partial charge in [-0.05, 0) is 42.3 Å². The number of alkyl halides is 1. The lowest BCUT2D eigenvalue weighted by atomic mass is 10.1. The van der Waals surface area contributed by atoms with Gasteiger partial charge in [0.05, 0.1) is 18.5 Å². The van der Waals surface area contributed by atoms with Crippen molar-refractivity contribution in [3.8, 4) is 17.2 Å². The maximum atomic E-state index is 13.0. The van der Waals surface area contributed by atoms with Crippen LogP contribution in [0.2, 0.25) is 0 Å². The van der Waals surface area contributed by atoms with Crippen LogP contribution in [-0.4, -0.2) is 28.8 Å². The third-order valence-corrected chi connectivity index (χ3v) is 5.16. The Morgan fingerprint density at radius 2 is 1.76 bits per heavy atom. The van der Waals surface area contributed by atoms with Gasteiger partial charge in [0.2, 0.25) is 0 Å². The van der Waals surface area contributed by atoms with Gasteiger partial charge >= 0.3 is 11.7 Å². The van der Waals surface area contributed by atoms with Crippen LogP contribution in [0.3, 0.4) is 0 Å². The highest BCUT2D eigenvalue weighted by atomic mass is 19.1. The van der Waals surface area contributed by atoms with Crippen molar-refractivity contribution in [3.63, 3.8) is 0 Å². The molecule has 0 spiro atoms. The summed E-state index contributed by atoms with van der Waals surface area (Å²) in [6, 6.07) is 13.2. The third kappa shape index (κ3) is 5.49. The Morgan fingerprint density at radius 3 is 2.39 bits per heavy atom. The summed E-state index contributed by atoms with van der Waals surface area (Å²) in [7, 11) is 2.70. The van der Waals surface area contributed by atoms with E-state index < -0.39 is 23.9 Å². The molecule has 9 heteroatoms. The molecule has 174 valence electrons. The Balaban J connectivity index is 1.78. The number of benzene rings is 2. The first-order valence-corrected chi connectivity index (χ1v) is 10.3. The zero-order chi connectivity index (χ0) is 24.0. The number of halogens is 1. The minimum Gasteiger partial charge on any atom is -0.489 e. The van der Waals surface area contributed by atoms with Crippen LogP contribution in [0.4, 0.5) is 4.39 Å². The van der Waals surface area contributed by atoms with Crippen LogP contribution in [0.15, 0.2) is 58.1 Å². The summed E-state index contributed by atoms with van der Waals surface area (Å²) >= 11 is 0. The molecule has 0 N–H and O–H groups in total. The Labute approximate surface area is 189 Å². The minimum absolute atomic E-state index is 0.0144. The van der Waals surface area contributed by atoms with Gasteiger partial charge in [-0.3, -0.25) is 9.36 Å². The van der Waals surface area contributed by atoms with Gasteiger partial charge in [-0.2, -0.15) is 0 Å². The van der Waals surface area contributed by atoms with Crippen molar-refractivity contribution in [2.45, 2.75) is 26.6 Å². The van der Waals surface area contributed by atoms with Gasteiger partial charge in [-0.25, -0.2) is 18.5 Å². The summed E-state index contributed by atoms with van der Waals surface area (Å²) in [6.07, 6.45) is 0.808. The van der Waals surface area contributed by atoms with E-state index in [0.717, 1.165) is 32.7 Å². The first kappa shape index (κ1) is 23.8. The van der Waals surface area contributed by atoms with E-state index in [0.29, 0.717) is 17.2 Å². The van der Waals surface area contributed by atoms with Crippen molar-refractivity contribution >= 4 is 5.97 Å². The van der Waals surface area contributed by atoms with Crippen LogP contribution in [0.1, 0.15) is 23.7 Å². The number of carbonyl (C=O) groups excluding carboxylic acids is 1. The standard InChI is InChI=1S/C24H25FN2O6/c1-4-16-5-6-17(21(11-16)33-15-23(29)31-3)14-32-20-9-7-18(8-10-20)27-22(28)12-19(13-25)26(2)24(27)30/h5-12H,4,13-15H2,1-3H3. The van der Waals surface area contributed by atoms with E-state index in [-0.39, 0.29) is 18.9 Å². The second-order valence-electron chi connectivity index (χ2n) is 7.23. The van der Waals surface area contributed by atoms with E-state index in [2.05, 4.69) is 4.74 Å². The molecular weight excluding hydrogens is 431 g/mol. The molecule has 0 atom stereocenters. The fraction of sp³-hybridized carbons (Fsp3) is 0.292. The SMILES string of the molecule is CCc1ccc(COc2ccc(-n3c(=O)cc(CF)n(C)c3=O)cc2)c(OCC(=O)OC)c1. The summed E-state index contributed by atoms with van der Waals surface area (Å²) < 4.78 is 31.1. The number of rotatable bonds is 9. The summed E-state index contributed by atoms with van der Waals surface area (Å²) in [5.74, 6) is 0.544. The lowest BCUT2D eigenvalue weighted by Crippen LogP contribution is -2.38. The van der Waals surface area contributed by atoms with Crippen molar-refractivity contribution in [1.29, 1.82) is 0 Å². The molecular formula is C24H25FN2O6. The maximum absolute atomic E-state index is 13.0. The molecule has 0 aliphatic rings. The first-order chi connectivity index (χ1) is 15.9. The highest BCUT2D eigenvalue weighted by Gasteiger charge is 2.12. The van der Waals surface area contributed by atoms with Gasteiger partial charge in [0.25, 0.3) is 5.56 Å². The zero-order valence-corrected chi connectivity index (χ0v) is 18.7. The van der Waals surface area contributed by atoms with E-state index in [1.807, 2.05) is 25.1 Å². The summed E-state index contributed by atoms with van der Waals surface area (Å²) in [5, 5.41) is 0. The Morgan fingerprint density at radius 1 is 1.03 bits per heavy atom. The topological polar surface area (TPSA) is 88.8 Å². The molecule has 0 bridgehead atoms. The second-order valence-corrected chi connectivity index (χ2v) is 7.23. The average molecular weight is 456 g/mol. The Kier molecular flexibility index (Phi) is 7.66. The quantitative estimate of drug-likeness (QED) is 0.460. The molecule has 33 heavy (non-hydrogen) atoms. The van der Waals surface area contributed by atoms with Crippen LogP contribution in [0.25, 0.3) is 5.69 Å². The Hall–Kier alpha value is -3.88. The van der Waals surface area contributed by atoms with Crippen molar-refractivity contribution in [3.05, 3.63) is 86.2 Å². The average Bonchev–Trinajstić information content (AvgIpc) is 2.84. The number of carbonyl (C=O) groups is 1. The minimum atomic E-state index is -0.904. The van der Waals surface area contributed by atoms with Crippen molar-refractivity contribution in [2.24, 2.45) is 7.05 Å². The lowest BCUT2D eigenvalue weighted by Gasteiger charge is -2.14. The number of hydrogen-bond donors (Lipinski definition) is 0. The molecule has 3 aromatic rings. The van der Waals surface area contributed by atoms with Gasteiger partial charge in [0.15, 0.2) is 6.61 Å². The molecule has 0 unspecified atom stereocenters. The monoisotopic (exact) mass is 456 g/mol. The molecule has 0 saturated carbocycles. The number of hydrogen-bond acceptors (Lipinski definition) is 6. The molecule has 0 radical (unpaired) electrons. The smallest absolute Gasteiger partial charge is 0.343 e. The molecule has 1 heterocycles. The summed E-state index contributed by atoms with van der Waals surface area (Å²) in [6.45, 7) is 1.07. The summed E-state index contributed by atoms with van der Waals surface area (Å²) in [5.41, 5.74) is 0.907. The number of methoxy groups -OCH3 is 1. The van der Waals surface area contributed by atoms with E-state index in [4.69, 9.17) is 9.47 Å². The van der Waals surface area contributed by atoms with Crippen molar-refractivity contribution in [2.75, 3.05) is 13.7 Å². The van der Waals surface area contributed by atoms with Gasteiger partial charge in [0, 0.05) is 18.7 Å². The summed E-state index contributed by atoms with van der Waals surface area (Å²) in [4.78, 5) is 36.2. The predicted molar refractivity (Wildman–Crippen MR) is 120 cm³/mol. The Bertz CT molecular complexity index is 1250. The molecule has 2 aromatic carbocycles. The highest BCUT2D eigenvalue weighted by molar-refractivity contribution is 5.71. The maximum Gasteiger partial charge on any atom is 0.343 e. The molecule has 1 aromatic heterocycles. The van der Waals surface area contributed by atoms with Crippen LogP contribution in [-0.2, 0) is 36.3 Å². The first-order valence-electron chi connectivity index (χ1n) is 10.3. The number of ether oxygens (including phenoxy) is 3. The van der Waals surface area contributed by atoms with Crippen LogP contribution in [0, 0.1) is 0 Å². The normalized spacial score (nSPS) is 10.7. The number of esters is 1. The molecule has 0 aliphatic carbocycles. The molecule has 0 saturated heterocycles. The van der Waals surface area contributed by atoms with E-state index in [9.17, 15) is 18.8 Å².